The van der Waals surface area contributed by atoms with Crippen LogP contribution < -0.4 is 8.92 Å². The highest BCUT2D eigenvalue weighted by molar-refractivity contribution is 7.88. The van der Waals surface area contributed by atoms with Crippen LogP contribution in [0.4, 0.5) is 13.2 Å². The van der Waals surface area contributed by atoms with Crippen molar-refractivity contribution in [3.63, 3.8) is 0 Å². The normalized spacial score (nSPS) is 32.3. The SMILES string of the molecule is CN1CC[C@]23c4c5ccc(OS(=O)(=O)C(F)(F)F)c4O[C@H]2[C@@H](O[Si](C)(C)C(C)(C)C)C=C[C@@H]3[C@H]1C5. The molecule has 1 aromatic rings. The van der Waals surface area contributed by atoms with Crippen molar-refractivity contribution < 1.29 is 34.9 Å². The van der Waals surface area contributed by atoms with Crippen LogP contribution in [0.5, 0.6) is 11.5 Å². The Bertz CT molecular complexity index is 1190. The third-order valence-corrected chi connectivity index (χ3v) is 14.3. The minimum Gasteiger partial charge on any atom is -0.482 e. The Hall–Kier alpha value is -1.56. The minimum atomic E-state index is -5.84. The maximum atomic E-state index is 13.1. The molecule has 35 heavy (non-hydrogen) atoms. The van der Waals surface area contributed by atoms with Gasteiger partial charge in [0, 0.05) is 22.9 Å². The van der Waals surface area contributed by atoms with E-state index < -0.39 is 47.3 Å². The van der Waals surface area contributed by atoms with Crippen molar-refractivity contribution in [3.05, 3.63) is 35.4 Å². The number of halogens is 3. The minimum absolute atomic E-state index is 0.0527. The summed E-state index contributed by atoms with van der Waals surface area (Å²) in [6.07, 6.45) is 4.79. The van der Waals surface area contributed by atoms with Gasteiger partial charge in [-0.2, -0.15) is 21.6 Å². The number of rotatable bonds is 4. The van der Waals surface area contributed by atoms with Crippen molar-refractivity contribution in [3.8, 4) is 11.5 Å². The van der Waals surface area contributed by atoms with E-state index in [2.05, 4.69) is 56.1 Å². The van der Waals surface area contributed by atoms with E-state index in [0.717, 1.165) is 24.1 Å². The predicted octanol–water partition coefficient (Wildman–Crippen LogP) is 4.75. The van der Waals surface area contributed by atoms with Crippen LogP contribution in [-0.2, 0) is 26.4 Å². The second-order valence-corrected chi connectivity index (χ2v) is 18.0. The van der Waals surface area contributed by atoms with Gasteiger partial charge in [0.25, 0.3) is 0 Å². The van der Waals surface area contributed by atoms with Gasteiger partial charge in [-0.05, 0) is 56.2 Å². The van der Waals surface area contributed by atoms with Crippen LogP contribution in [-0.4, -0.2) is 59.0 Å². The summed E-state index contributed by atoms with van der Waals surface area (Å²) in [5.41, 5.74) is -4.28. The molecule has 5 atom stereocenters. The molecule has 0 N–H and O–H groups in total. The Labute approximate surface area is 205 Å². The molecule has 5 rings (SSSR count). The Kier molecular flexibility index (Phi) is 5.37. The molecule has 194 valence electrons. The first-order valence-electron chi connectivity index (χ1n) is 11.9. The Morgan fingerprint density at radius 2 is 1.86 bits per heavy atom. The molecule has 2 aliphatic heterocycles. The van der Waals surface area contributed by atoms with Gasteiger partial charge in [-0.1, -0.05) is 39.0 Å². The number of benzene rings is 1. The summed E-state index contributed by atoms with van der Waals surface area (Å²) in [5, 5.41) is -0.0527. The largest absolute Gasteiger partial charge is 0.534 e. The lowest BCUT2D eigenvalue weighted by Gasteiger charge is -2.57. The summed E-state index contributed by atoms with van der Waals surface area (Å²) in [5.74, 6) is -0.221. The van der Waals surface area contributed by atoms with E-state index >= 15 is 0 Å². The van der Waals surface area contributed by atoms with Gasteiger partial charge in [0.05, 0.1) is 0 Å². The number of likely N-dealkylation sites (tertiary alicyclic amines) is 1. The van der Waals surface area contributed by atoms with Gasteiger partial charge in [0.1, 0.15) is 12.2 Å². The highest BCUT2D eigenvalue weighted by Crippen LogP contribution is 2.63. The average molecular weight is 532 g/mol. The zero-order chi connectivity index (χ0) is 25.8. The smallest absolute Gasteiger partial charge is 0.482 e. The van der Waals surface area contributed by atoms with Gasteiger partial charge in [0.2, 0.25) is 0 Å². The molecule has 1 aromatic carbocycles. The fourth-order valence-electron chi connectivity index (χ4n) is 6.06. The Morgan fingerprint density at radius 1 is 1.17 bits per heavy atom. The van der Waals surface area contributed by atoms with Crippen molar-refractivity contribution in [1.82, 2.24) is 4.90 Å². The molecule has 11 heteroatoms. The van der Waals surface area contributed by atoms with Crippen LogP contribution in [0, 0.1) is 5.92 Å². The van der Waals surface area contributed by atoms with E-state index in [4.69, 9.17) is 9.16 Å². The first-order valence-corrected chi connectivity index (χ1v) is 16.2. The second kappa shape index (κ2) is 7.49. The molecular formula is C24H32F3NO5SSi. The van der Waals surface area contributed by atoms with Crippen molar-refractivity contribution in [2.75, 3.05) is 13.6 Å². The number of nitrogens with zero attached hydrogens (tertiary/aromatic N) is 1. The molecular weight excluding hydrogens is 499 g/mol. The van der Waals surface area contributed by atoms with Gasteiger partial charge >= 0.3 is 15.6 Å². The average Bonchev–Trinajstić information content (AvgIpc) is 3.06. The lowest BCUT2D eigenvalue weighted by molar-refractivity contribution is -0.0504. The Balaban J connectivity index is 1.64. The molecule has 0 radical (unpaired) electrons. The van der Waals surface area contributed by atoms with Gasteiger partial charge in [-0.3, -0.25) is 0 Å². The van der Waals surface area contributed by atoms with Gasteiger partial charge in [-0.15, -0.1) is 0 Å². The molecule has 2 bridgehead atoms. The molecule has 6 nitrogen and oxygen atoms in total. The van der Waals surface area contributed by atoms with E-state index in [1.165, 1.54) is 6.07 Å². The van der Waals surface area contributed by atoms with Crippen LogP contribution in [0.3, 0.4) is 0 Å². The second-order valence-electron chi connectivity index (χ2n) is 11.7. The van der Waals surface area contributed by atoms with Crippen LogP contribution in [0.15, 0.2) is 24.3 Å². The van der Waals surface area contributed by atoms with Gasteiger partial charge < -0.3 is 18.2 Å². The summed E-state index contributed by atoms with van der Waals surface area (Å²) in [4.78, 5) is 2.33. The van der Waals surface area contributed by atoms with E-state index in [1.807, 2.05) is 6.08 Å². The molecule has 2 heterocycles. The summed E-state index contributed by atoms with van der Waals surface area (Å²) >= 11 is 0. The van der Waals surface area contributed by atoms with Gasteiger partial charge in [-0.25, -0.2) is 0 Å². The van der Waals surface area contributed by atoms with Crippen molar-refractivity contribution in [2.45, 2.75) is 80.9 Å². The van der Waals surface area contributed by atoms with E-state index in [0.29, 0.717) is 6.42 Å². The molecule has 0 saturated carbocycles. The predicted molar refractivity (Wildman–Crippen MR) is 128 cm³/mol. The zero-order valence-electron chi connectivity index (χ0n) is 20.8. The number of piperidine rings is 1. The third-order valence-electron chi connectivity index (χ3n) is 8.83. The maximum absolute atomic E-state index is 13.1. The molecule has 0 unspecified atom stereocenters. The van der Waals surface area contributed by atoms with Crippen LogP contribution in [0.2, 0.25) is 18.1 Å². The number of hydrogen-bond donors (Lipinski definition) is 0. The quantitative estimate of drug-likeness (QED) is 0.242. The highest BCUT2D eigenvalue weighted by Gasteiger charge is 2.65. The third kappa shape index (κ3) is 3.52. The van der Waals surface area contributed by atoms with Crippen molar-refractivity contribution in [2.24, 2.45) is 5.92 Å². The number of hydrogen-bond acceptors (Lipinski definition) is 6. The van der Waals surface area contributed by atoms with E-state index in [9.17, 15) is 21.6 Å². The van der Waals surface area contributed by atoms with Gasteiger partial charge in [0.15, 0.2) is 19.8 Å². The summed E-state index contributed by atoms with van der Waals surface area (Å²) in [7, 11) is -5.97. The number of alkyl halides is 3. The lowest BCUT2D eigenvalue weighted by atomic mass is 9.53. The molecule has 0 amide bonds. The molecule has 1 fully saturated rings. The van der Waals surface area contributed by atoms with E-state index in [1.54, 1.807) is 6.07 Å². The Morgan fingerprint density at radius 3 is 2.49 bits per heavy atom. The fourth-order valence-corrected chi connectivity index (χ4v) is 7.76. The molecule has 4 aliphatic rings. The summed E-state index contributed by atoms with van der Waals surface area (Å²) < 4.78 is 81.0. The highest BCUT2D eigenvalue weighted by atomic mass is 32.2. The first-order chi connectivity index (χ1) is 16.0. The standard InChI is InChI=1S/C24H32F3NO5SSi/c1-22(2,3)35(5,6)33-18-10-8-15-16-13-14-7-9-17(32-34(29,30)24(25,26)27)20-19(14)23(15,21(18)31-20)11-12-28(16)4/h7-10,15-16,18,21H,11-13H2,1-6H3/t15-,16-,18+,21+,23+/m1/s1. The zero-order valence-corrected chi connectivity index (χ0v) is 22.6. The van der Waals surface area contributed by atoms with Crippen molar-refractivity contribution in [1.29, 1.82) is 0 Å². The molecule has 0 aromatic heterocycles. The fraction of sp³-hybridized carbons (Fsp3) is 0.667. The van der Waals surface area contributed by atoms with Crippen LogP contribution in [0.1, 0.15) is 38.3 Å². The van der Waals surface area contributed by atoms with Crippen LogP contribution >= 0.6 is 0 Å². The monoisotopic (exact) mass is 531 g/mol. The first kappa shape index (κ1) is 25.1. The molecule has 2 aliphatic carbocycles. The van der Waals surface area contributed by atoms with E-state index in [-0.39, 0.29) is 22.7 Å². The molecule has 1 saturated heterocycles. The topological polar surface area (TPSA) is 65.1 Å². The van der Waals surface area contributed by atoms with Crippen LogP contribution in [0.25, 0.3) is 0 Å². The number of ether oxygens (including phenoxy) is 1. The number of likely N-dealkylation sites (N-methyl/N-ethyl adjacent to an activating group) is 1. The molecule has 1 spiro atoms. The summed E-state index contributed by atoms with van der Waals surface area (Å²) in [6.45, 7) is 11.5. The lowest BCUT2D eigenvalue weighted by Crippen LogP contribution is -2.66. The maximum Gasteiger partial charge on any atom is 0.534 e. The summed E-state index contributed by atoms with van der Waals surface area (Å²) in [6, 6.07) is 3.19. The van der Waals surface area contributed by atoms with Crippen molar-refractivity contribution >= 4 is 18.4 Å².